The van der Waals surface area contributed by atoms with Crippen LogP contribution in [-0.2, 0) is 26.2 Å². The summed E-state index contributed by atoms with van der Waals surface area (Å²) >= 11 is 6.08. The fraction of sp³-hybridized carbons (Fsp3) is 0.440. The molecule has 0 aliphatic rings. The summed E-state index contributed by atoms with van der Waals surface area (Å²) in [5, 5.41) is 3.37. The first kappa shape index (κ1) is 29.5. The van der Waals surface area contributed by atoms with Crippen LogP contribution in [0.5, 0.6) is 0 Å². The number of rotatable bonds is 12. The van der Waals surface area contributed by atoms with Crippen LogP contribution < -0.4 is 9.62 Å². The van der Waals surface area contributed by atoms with Gasteiger partial charge in [0.05, 0.1) is 11.9 Å². The Morgan fingerprint density at radius 1 is 1.08 bits per heavy atom. The lowest BCUT2D eigenvalue weighted by molar-refractivity contribution is -0.140. The summed E-state index contributed by atoms with van der Waals surface area (Å²) in [4.78, 5) is 27.4. The molecule has 0 fully saturated rings. The zero-order chi connectivity index (χ0) is 27.0. The molecule has 2 rings (SSSR count). The molecule has 0 saturated carbocycles. The Bertz CT molecular complexity index is 1180. The number of nitrogens with zero attached hydrogens (tertiary/aromatic N) is 2. The van der Waals surface area contributed by atoms with Crippen molar-refractivity contribution in [2.45, 2.75) is 58.7 Å². The Morgan fingerprint density at radius 3 is 2.36 bits per heavy atom. The van der Waals surface area contributed by atoms with Gasteiger partial charge in [0.15, 0.2) is 11.6 Å². The van der Waals surface area contributed by atoms with E-state index in [0.717, 1.165) is 40.7 Å². The molecule has 1 N–H and O–H groups in total. The Kier molecular flexibility index (Phi) is 10.7. The van der Waals surface area contributed by atoms with Gasteiger partial charge in [-0.1, -0.05) is 30.7 Å². The minimum Gasteiger partial charge on any atom is -0.352 e. The zero-order valence-electron chi connectivity index (χ0n) is 20.8. The van der Waals surface area contributed by atoms with Crippen LogP contribution in [0.1, 0.15) is 45.6 Å². The van der Waals surface area contributed by atoms with Crippen molar-refractivity contribution in [3.8, 4) is 0 Å². The normalized spacial score (nSPS) is 13.1. The second-order valence-electron chi connectivity index (χ2n) is 8.68. The lowest BCUT2D eigenvalue weighted by atomic mass is 10.1. The summed E-state index contributed by atoms with van der Waals surface area (Å²) in [6.45, 7) is 5.43. The van der Waals surface area contributed by atoms with Crippen molar-refractivity contribution in [3.63, 3.8) is 0 Å². The van der Waals surface area contributed by atoms with Crippen LogP contribution in [0.25, 0.3) is 0 Å². The standard InChI is InChI=1S/C25H32ClF2N3O4S/c1-5-17(2)29-25(33)18(3)30(16-19-8-6-9-20(26)14-19)24(32)10-7-13-31(36(4,34)35)21-11-12-22(27)23(28)15-21/h6,8-9,11-12,14-15,17-18H,5,7,10,13,16H2,1-4H3,(H,29,33)/t17-,18-/m0/s1. The molecule has 2 amide bonds. The van der Waals surface area contributed by atoms with Gasteiger partial charge in [-0.15, -0.1) is 0 Å². The van der Waals surface area contributed by atoms with Crippen LogP contribution >= 0.6 is 11.6 Å². The summed E-state index contributed by atoms with van der Waals surface area (Å²) < 4.78 is 52.5. The van der Waals surface area contributed by atoms with Gasteiger partial charge in [0.2, 0.25) is 21.8 Å². The zero-order valence-corrected chi connectivity index (χ0v) is 22.4. The van der Waals surface area contributed by atoms with Gasteiger partial charge in [-0.05, 0) is 56.5 Å². The van der Waals surface area contributed by atoms with E-state index in [1.165, 1.54) is 4.90 Å². The van der Waals surface area contributed by atoms with Crippen molar-refractivity contribution in [1.29, 1.82) is 0 Å². The molecule has 0 saturated heterocycles. The van der Waals surface area contributed by atoms with Crippen LogP contribution in [0.2, 0.25) is 5.02 Å². The first-order valence-electron chi connectivity index (χ1n) is 11.6. The molecular weight excluding hydrogens is 512 g/mol. The molecule has 2 atom stereocenters. The Morgan fingerprint density at radius 2 is 1.78 bits per heavy atom. The van der Waals surface area contributed by atoms with E-state index in [9.17, 15) is 26.8 Å². The van der Waals surface area contributed by atoms with Crippen molar-refractivity contribution in [2.24, 2.45) is 0 Å². The predicted molar refractivity (Wildman–Crippen MR) is 137 cm³/mol. The van der Waals surface area contributed by atoms with Crippen molar-refractivity contribution in [3.05, 3.63) is 64.7 Å². The van der Waals surface area contributed by atoms with Crippen LogP contribution in [0.3, 0.4) is 0 Å². The van der Waals surface area contributed by atoms with Crippen molar-refractivity contribution >= 4 is 39.1 Å². The molecular formula is C25H32ClF2N3O4S. The molecule has 0 bridgehead atoms. The molecule has 0 aliphatic carbocycles. The van der Waals surface area contributed by atoms with E-state index < -0.39 is 27.7 Å². The molecule has 198 valence electrons. The first-order chi connectivity index (χ1) is 16.8. The van der Waals surface area contributed by atoms with Crippen LogP contribution in [0.15, 0.2) is 42.5 Å². The third kappa shape index (κ3) is 8.44. The number of benzene rings is 2. The number of carbonyl (C=O) groups excluding carboxylic acids is 2. The number of nitrogens with one attached hydrogen (secondary N) is 1. The quantitative estimate of drug-likeness (QED) is 0.427. The van der Waals surface area contributed by atoms with Crippen LogP contribution in [0.4, 0.5) is 14.5 Å². The summed E-state index contributed by atoms with van der Waals surface area (Å²) in [7, 11) is -3.82. The van der Waals surface area contributed by atoms with Crippen LogP contribution in [-0.4, -0.2) is 50.0 Å². The predicted octanol–water partition coefficient (Wildman–Crippen LogP) is 4.50. The fourth-order valence-electron chi connectivity index (χ4n) is 3.52. The van der Waals surface area contributed by atoms with E-state index in [1.807, 2.05) is 13.8 Å². The maximum atomic E-state index is 13.7. The van der Waals surface area contributed by atoms with Crippen molar-refractivity contribution < 1.29 is 26.8 Å². The lowest BCUT2D eigenvalue weighted by Gasteiger charge is -2.30. The Hall–Kier alpha value is -2.72. The summed E-state index contributed by atoms with van der Waals surface area (Å²) in [6.07, 6.45) is 1.70. The van der Waals surface area contributed by atoms with E-state index in [2.05, 4.69) is 5.32 Å². The number of sulfonamides is 1. The molecule has 0 radical (unpaired) electrons. The minimum absolute atomic E-state index is 0.0408. The second kappa shape index (κ2) is 13.0. The Labute approximate surface area is 216 Å². The van der Waals surface area contributed by atoms with Gasteiger partial charge in [-0.25, -0.2) is 17.2 Å². The molecule has 36 heavy (non-hydrogen) atoms. The fourth-order valence-corrected chi connectivity index (χ4v) is 4.69. The highest BCUT2D eigenvalue weighted by Gasteiger charge is 2.27. The number of carbonyl (C=O) groups is 2. The van der Waals surface area contributed by atoms with Crippen molar-refractivity contribution in [1.82, 2.24) is 10.2 Å². The van der Waals surface area contributed by atoms with E-state index in [-0.39, 0.29) is 49.5 Å². The number of hydrogen-bond donors (Lipinski definition) is 1. The molecule has 2 aromatic carbocycles. The van der Waals surface area contributed by atoms with Gasteiger partial charge in [0.25, 0.3) is 0 Å². The van der Waals surface area contributed by atoms with Crippen LogP contribution in [0, 0.1) is 11.6 Å². The lowest BCUT2D eigenvalue weighted by Crippen LogP contribution is -2.49. The number of anilines is 1. The molecule has 7 nitrogen and oxygen atoms in total. The maximum Gasteiger partial charge on any atom is 0.242 e. The monoisotopic (exact) mass is 543 g/mol. The van der Waals surface area contributed by atoms with Gasteiger partial charge < -0.3 is 10.2 Å². The average Bonchev–Trinajstić information content (AvgIpc) is 2.80. The highest BCUT2D eigenvalue weighted by molar-refractivity contribution is 7.92. The van der Waals surface area contributed by atoms with E-state index in [0.29, 0.717) is 5.02 Å². The SMILES string of the molecule is CC[C@H](C)NC(=O)[C@H](C)N(Cc1cccc(Cl)c1)C(=O)CCCN(c1ccc(F)c(F)c1)S(C)(=O)=O. The Balaban J connectivity index is 2.19. The maximum absolute atomic E-state index is 13.7. The average molecular weight is 544 g/mol. The number of amides is 2. The molecule has 11 heteroatoms. The third-order valence-electron chi connectivity index (χ3n) is 5.75. The molecule has 0 unspecified atom stereocenters. The van der Waals surface area contributed by atoms with E-state index in [4.69, 9.17) is 11.6 Å². The molecule has 0 heterocycles. The summed E-state index contributed by atoms with van der Waals surface area (Å²) in [5.74, 6) is -2.94. The first-order valence-corrected chi connectivity index (χ1v) is 13.8. The minimum atomic E-state index is -3.82. The third-order valence-corrected chi connectivity index (χ3v) is 7.18. The van der Waals surface area contributed by atoms with Gasteiger partial charge in [0, 0.05) is 36.6 Å². The van der Waals surface area contributed by atoms with Gasteiger partial charge >= 0.3 is 0 Å². The molecule has 0 aromatic heterocycles. The molecule has 0 spiro atoms. The van der Waals surface area contributed by atoms with Gasteiger partial charge in [0.1, 0.15) is 6.04 Å². The number of hydrogen-bond acceptors (Lipinski definition) is 4. The smallest absolute Gasteiger partial charge is 0.242 e. The largest absolute Gasteiger partial charge is 0.352 e. The number of halogens is 3. The van der Waals surface area contributed by atoms with E-state index >= 15 is 0 Å². The summed E-state index contributed by atoms with van der Waals surface area (Å²) in [5.41, 5.74) is 0.694. The second-order valence-corrected chi connectivity index (χ2v) is 11.0. The van der Waals surface area contributed by atoms with Crippen molar-refractivity contribution in [2.75, 3.05) is 17.1 Å². The topological polar surface area (TPSA) is 86.8 Å². The summed E-state index contributed by atoms with van der Waals surface area (Å²) in [6, 6.07) is 8.89. The van der Waals surface area contributed by atoms with E-state index in [1.54, 1.807) is 31.2 Å². The van der Waals surface area contributed by atoms with Gasteiger partial charge in [-0.2, -0.15) is 0 Å². The van der Waals surface area contributed by atoms with Gasteiger partial charge in [-0.3, -0.25) is 13.9 Å². The molecule has 2 aromatic rings. The molecule has 0 aliphatic heterocycles. The highest BCUT2D eigenvalue weighted by Crippen LogP contribution is 2.22. The highest BCUT2D eigenvalue weighted by atomic mass is 35.5.